The van der Waals surface area contributed by atoms with Crippen LogP contribution in [0.4, 0.5) is 10.8 Å². The van der Waals surface area contributed by atoms with Crippen LogP contribution in [0.1, 0.15) is 22.0 Å². The summed E-state index contributed by atoms with van der Waals surface area (Å²) in [6.45, 7) is 0. The van der Waals surface area contributed by atoms with Gasteiger partial charge in [0, 0.05) is 17.7 Å². The number of nitrogens with zero attached hydrogens (tertiary/aromatic N) is 4. The zero-order valence-electron chi connectivity index (χ0n) is 14.6. The minimum absolute atomic E-state index is 0.161. The van der Waals surface area contributed by atoms with Gasteiger partial charge in [-0.3, -0.25) is 24.6 Å². The molecule has 1 unspecified atom stereocenters. The average molecular weight is 408 g/mol. The van der Waals surface area contributed by atoms with Crippen molar-refractivity contribution in [3.8, 4) is 0 Å². The van der Waals surface area contributed by atoms with Crippen molar-refractivity contribution in [1.82, 2.24) is 10.2 Å². The maximum atomic E-state index is 13.2. The molecule has 1 aliphatic heterocycles. The second kappa shape index (κ2) is 7.24. The van der Waals surface area contributed by atoms with Gasteiger partial charge in [0.2, 0.25) is 5.13 Å². The lowest BCUT2D eigenvalue weighted by atomic mass is 9.92. The molecular formula is C19H12N4O5S. The summed E-state index contributed by atoms with van der Waals surface area (Å²) in [7, 11) is 0. The molecule has 10 heteroatoms. The van der Waals surface area contributed by atoms with Gasteiger partial charge in [0.05, 0.1) is 16.5 Å². The Morgan fingerprint density at radius 1 is 1.17 bits per heavy atom. The van der Waals surface area contributed by atoms with E-state index in [1.54, 1.807) is 36.4 Å². The summed E-state index contributed by atoms with van der Waals surface area (Å²) < 4.78 is 0. The van der Waals surface area contributed by atoms with E-state index in [2.05, 4.69) is 10.2 Å². The van der Waals surface area contributed by atoms with Crippen molar-refractivity contribution in [1.29, 1.82) is 0 Å². The van der Waals surface area contributed by atoms with Crippen molar-refractivity contribution in [2.24, 2.45) is 0 Å². The molecule has 0 fully saturated rings. The van der Waals surface area contributed by atoms with Crippen LogP contribution in [0.25, 0.3) is 0 Å². The Hall–Kier alpha value is -3.92. The lowest BCUT2D eigenvalue weighted by molar-refractivity contribution is -0.384. The second-order valence-corrected chi connectivity index (χ2v) is 6.92. The Bertz CT molecular complexity index is 1140. The molecule has 1 N–H and O–H groups in total. The quantitative estimate of drug-likeness (QED) is 0.390. The van der Waals surface area contributed by atoms with Crippen LogP contribution in [0, 0.1) is 10.1 Å². The molecule has 9 nitrogen and oxygen atoms in total. The van der Waals surface area contributed by atoms with Crippen molar-refractivity contribution in [2.45, 2.75) is 6.04 Å². The largest absolute Gasteiger partial charge is 0.503 e. The number of amides is 1. The Labute approximate surface area is 167 Å². The molecule has 0 radical (unpaired) electrons. The van der Waals surface area contributed by atoms with E-state index in [1.165, 1.54) is 23.7 Å². The number of Topliss-reactive ketones (excluding diaryl/α,β-unsaturated/α-hetero) is 1. The van der Waals surface area contributed by atoms with Gasteiger partial charge in [0.15, 0.2) is 11.5 Å². The molecule has 4 rings (SSSR count). The predicted molar refractivity (Wildman–Crippen MR) is 104 cm³/mol. The minimum atomic E-state index is -1.08. The smallest absolute Gasteiger partial charge is 0.296 e. The van der Waals surface area contributed by atoms with E-state index in [0.717, 1.165) is 16.2 Å². The van der Waals surface area contributed by atoms with Crippen LogP contribution < -0.4 is 4.90 Å². The number of nitro groups is 1. The normalized spacial score (nSPS) is 16.3. The van der Waals surface area contributed by atoms with Gasteiger partial charge in [0.1, 0.15) is 5.51 Å². The molecule has 0 saturated carbocycles. The molecular weight excluding hydrogens is 396 g/mol. The average Bonchev–Trinajstić information content (AvgIpc) is 3.35. The zero-order chi connectivity index (χ0) is 20.5. The summed E-state index contributed by atoms with van der Waals surface area (Å²) in [6, 6.07) is 12.7. The van der Waals surface area contributed by atoms with E-state index in [0.29, 0.717) is 5.56 Å². The molecule has 0 saturated heterocycles. The molecule has 2 heterocycles. The van der Waals surface area contributed by atoms with Crippen molar-refractivity contribution in [3.63, 3.8) is 0 Å². The van der Waals surface area contributed by atoms with Gasteiger partial charge in [-0.2, -0.15) is 0 Å². The van der Waals surface area contributed by atoms with Crippen LogP contribution in [0.2, 0.25) is 0 Å². The molecule has 0 aliphatic carbocycles. The number of carbonyl (C=O) groups is 2. The number of nitro benzene ring substituents is 1. The van der Waals surface area contributed by atoms with Crippen molar-refractivity contribution in [3.05, 3.63) is 92.7 Å². The summed E-state index contributed by atoms with van der Waals surface area (Å²) in [6.07, 6.45) is 0. The van der Waals surface area contributed by atoms with Gasteiger partial charge < -0.3 is 5.11 Å². The van der Waals surface area contributed by atoms with E-state index >= 15 is 0 Å². The summed E-state index contributed by atoms with van der Waals surface area (Å²) in [5, 5.41) is 29.5. The third kappa shape index (κ3) is 3.15. The van der Waals surface area contributed by atoms with Gasteiger partial charge in [0.25, 0.3) is 11.6 Å². The number of benzene rings is 2. The first-order valence-corrected chi connectivity index (χ1v) is 9.24. The highest BCUT2D eigenvalue weighted by molar-refractivity contribution is 7.13. The summed E-state index contributed by atoms with van der Waals surface area (Å²) in [5.74, 6) is -2.09. The fourth-order valence-electron chi connectivity index (χ4n) is 3.18. The standard InChI is InChI=1S/C19H12N4O5S/c24-16(11-5-2-1-3-6-11)14-15(12-7-4-8-13(9-12)23(27)28)22(18(26)17(14)25)19-21-20-10-29-19/h1-10,15,25H. The summed E-state index contributed by atoms with van der Waals surface area (Å²) in [4.78, 5) is 37.8. The molecule has 1 aliphatic rings. The van der Waals surface area contributed by atoms with Crippen LogP contribution >= 0.6 is 11.3 Å². The van der Waals surface area contributed by atoms with E-state index < -0.39 is 28.4 Å². The van der Waals surface area contributed by atoms with Gasteiger partial charge in [-0.1, -0.05) is 53.8 Å². The van der Waals surface area contributed by atoms with Gasteiger partial charge in [-0.15, -0.1) is 10.2 Å². The van der Waals surface area contributed by atoms with Crippen LogP contribution in [0.3, 0.4) is 0 Å². The Morgan fingerprint density at radius 3 is 2.59 bits per heavy atom. The first-order chi connectivity index (χ1) is 14.0. The maximum absolute atomic E-state index is 13.2. The highest BCUT2D eigenvalue weighted by Gasteiger charge is 2.46. The third-order valence-electron chi connectivity index (χ3n) is 4.44. The fraction of sp³-hybridized carbons (Fsp3) is 0.0526. The Kier molecular flexibility index (Phi) is 4.61. The molecule has 144 valence electrons. The van der Waals surface area contributed by atoms with Crippen molar-refractivity contribution < 1.29 is 19.6 Å². The molecule has 29 heavy (non-hydrogen) atoms. The van der Waals surface area contributed by atoms with Gasteiger partial charge in [-0.25, -0.2) is 0 Å². The van der Waals surface area contributed by atoms with Crippen LogP contribution in [0.5, 0.6) is 0 Å². The molecule has 0 spiro atoms. The van der Waals surface area contributed by atoms with Crippen molar-refractivity contribution >= 4 is 33.8 Å². The number of hydrogen-bond acceptors (Lipinski definition) is 8. The fourth-order valence-corrected chi connectivity index (χ4v) is 3.76. The van der Waals surface area contributed by atoms with E-state index in [9.17, 15) is 24.8 Å². The first-order valence-electron chi connectivity index (χ1n) is 8.36. The predicted octanol–water partition coefficient (Wildman–Crippen LogP) is 3.23. The molecule has 1 aromatic heterocycles. The van der Waals surface area contributed by atoms with E-state index in [-0.39, 0.29) is 22.0 Å². The Morgan fingerprint density at radius 2 is 1.93 bits per heavy atom. The SMILES string of the molecule is O=C(C1=C(O)C(=O)N(c2nncs2)C1c1cccc([N+](=O)[O-])c1)c1ccccc1. The van der Waals surface area contributed by atoms with Crippen molar-refractivity contribution in [2.75, 3.05) is 4.90 Å². The third-order valence-corrected chi connectivity index (χ3v) is 5.13. The second-order valence-electron chi connectivity index (χ2n) is 6.11. The highest BCUT2D eigenvalue weighted by atomic mass is 32.1. The summed E-state index contributed by atoms with van der Waals surface area (Å²) in [5.41, 5.74) is 1.60. The zero-order valence-corrected chi connectivity index (χ0v) is 15.4. The molecule has 3 aromatic rings. The van der Waals surface area contributed by atoms with Gasteiger partial charge >= 0.3 is 0 Å². The summed E-state index contributed by atoms with van der Waals surface area (Å²) >= 11 is 1.04. The minimum Gasteiger partial charge on any atom is -0.503 e. The number of non-ortho nitro benzene ring substituents is 1. The van der Waals surface area contributed by atoms with Crippen LogP contribution in [-0.4, -0.2) is 31.9 Å². The van der Waals surface area contributed by atoms with E-state index in [4.69, 9.17) is 0 Å². The first kappa shape index (κ1) is 18.4. The number of aromatic nitrogens is 2. The lowest BCUT2D eigenvalue weighted by Crippen LogP contribution is -2.31. The number of hydrogen-bond donors (Lipinski definition) is 1. The molecule has 0 bridgehead atoms. The number of aliphatic hydroxyl groups excluding tert-OH is 1. The molecule has 2 aromatic carbocycles. The number of ketones is 1. The van der Waals surface area contributed by atoms with Crippen LogP contribution in [0.15, 0.2) is 71.4 Å². The number of anilines is 1. The molecule has 1 amide bonds. The molecule has 1 atom stereocenters. The highest BCUT2D eigenvalue weighted by Crippen LogP contribution is 2.42. The maximum Gasteiger partial charge on any atom is 0.296 e. The number of aliphatic hydroxyl groups is 1. The van der Waals surface area contributed by atoms with Crippen LogP contribution in [-0.2, 0) is 4.79 Å². The van der Waals surface area contributed by atoms with E-state index in [1.807, 2.05) is 0 Å². The lowest BCUT2D eigenvalue weighted by Gasteiger charge is -2.23. The monoisotopic (exact) mass is 408 g/mol. The Balaban J connectivity index is 1.90. The van der Waals surface area contributed by atoms with Gasteiger partial charge in [-0.05, 0) is 5.56 Å². The number of carbonyl (C=O) groups excluding carboxylic acids is 2. The topological polar surface area (TPSA) is 127 Å². The number of rotatable bonds is 5.